The molecule has 1 aromatic carbocycles. The van der Waals surface area contributed by atoms with E-state index < -0.39 is 29.2 Å². The predicted molar refractivity (Wildman–Crippen MR) is 71.1 cm³/mol. The third-order valence-corrected chi connectivity index (χ3v) is 4.54. The molecule has 22 heavy (non-hydrogen) atoms. The van der Waals surface area contributed by atoms with Crippen LogP contribution in [0.1, 0.15) is 49.1 Å². The second kappa shape index (κ2) is 5.11. The van der Waals surface area contributed by atoms with E-state index in [0.29, 0.717) is 18.4 Å². The third-order valence-electron chi connectivity index (χ3n) is 4.54. The lowest BCUT2D eigenvalue weighted by Crippen LogP contribution is -2.45. The summed E-state index contributed by atoms with van der Waals surface area (Å²) in [5.41, 5.74) is -1.37. The van der Waals surface area contributed by atoms with Crippen molar-refractivity contribution in [2.75, 3.05) is 0 Å². The molecule has 1 aromatic rings. The quantitative estimate of drug-likeness (QED) is 0.744. The number of carbonyl (C=O) groups is 2. The van der Waals surface area contributed by atoms with Crippen LogP contribution in [0.5, 0.6) is 0 Å². The SMILES string of the molecule is O=C1C[C@@H](c2ccc(C(F)(F)F)cc2)[C@]2(CCCCC2=O)O1. The maximum Gasteiger partial charge on any atom is 0.416 e. The Labute approximate surface area is 125 Å². The average molecular weight is 312 g/mol. The van der Waals surface area contributed by atoms with Crippen LogP contribution in [0.15, 0.2) is 24.3 Å². The van der Waals surface area contributed by atoms with Gasteiger partial charge in [-0.2, -0.15) is 13.2 Å². The van der Waals surface area contributed by atoms with Gasteiger partial charge in [0, 0.05) is 12.3 Å². The van der Waals surface area contributed by atoms with E-state index in [2.05, 4.69) is 0 Å². The number of alkyl halides is 3. The molecule has 1 saturated heterocycles. The molecule has 1 saturated carbocycles. The predicted octanol–water partition coefficient (Wildman–Crippen LogP) is 3.62. The number of Topliss-reactive ketones (excluding diaryl/α,β-unsaturated/α-hetero) is 1. The Hall–Kier alpha value is -1.85. The van der Waals surface area contributed by atoms with Gasteiger partial charge >= 0.3 is 12.1 Å². The maximum atomic E-state index is 12.6. The Morgan fingerprint density at radius 1 is 1.09 bits per heavy atom. The third kappa shape index (κ3) is 2.40. The van der Waals surface area contributed by atoms with Gasteiger partial charge < -0.3 is 4.74 Å². The van der Waals surface area contributed by atoms with Crippen LogP contribution >= 0.6 is 0 Å². The van der Waals surface area contributed by atoms with Crippen molar-refractivity contribution in [2.24, 2.45) is 0 Å². The summed E-state index contributed by atoms with van der Waals surface area (Å²) in [6, 6.07) is 4.66. The number of esters is 1. The Balaban J connectivity index is 1.95. The number of ether oxygens (including phenoxy) is 1. The number of rotatable bonds is 1. The smallest absolute Gasteiger partial charge is 0.416 e. The minimum atomic E-state index is -4.40. The van der Waals surface area contributed by atoms with Crippen molar-refractivity contribution in [3.8, 4) is 0 Å². The summed E-state index contributed by atoms with van der Waals surface area (Å²) < 4.78 is 43.3. The molecular formula is C16H15F3O3. The van der Waals surface area contributed by atoms with Crippen molar-refractivity contribution in [3.63, 3.8) is 0 Å². The lowest BCUT2D eigenvalue weighted by Gasteiger charge is -2.35. The van der Waals surface area contributed by atoms with Crippen molar-refractivity contribution in [1.82, 2.24) is 0 Å². The molecule has 2 fully saturated rings. The van der Waals surface area contributed by atoms with Crippen molar-refractivity contribution in [3.05, 3.63) is 35.4 Å². The zero-order valence-electron chi connectivity index (χ0n) is 11.8. The molecule has 0 N–H and O–H groups in total. The van der Waals surface area contributed by atoms with Gasteiger partial charge in [-0.15, -0.1) is 0 Å². The minimum absolute atomic E-state index is 0.0388. The monoisotopic (exact) mass is 312 g/mol. The molecule has 0 amide bonds. The summed E-state index contributed by atoms with van der Waals surface area (Å²) >= 11 is 0. The van der Waals surface area contributed by atoms with E-state index in [1.807, 2.05) is 0 Å². The molecule has 1 aliphatic carbocycles. The second-order valence-electron chi connectivity index (χ2n) is 5.87. The van der Waals surface area contributed by atoms with Gasteiger partial charge in [-0.1, -0.05) is 12.1 Å². The van der Waals surface area contributed by atoms with Crippen LogP contribution in [0.3, 0.4) is 0 Å². The van der Waals surface area contributed by atoms with Gasteiger partial charge in [-0.3, -0.25) is 9.59 Å². The van der Waals surface area contributed by atoms with E-state index in [4.69, 9.17) is 4.74 Å². The Morgan fingerprint density at radius 2 is 1.77 bits per heavy atom. The van der Waals surface area contributed by atoms with Gasteiger partial charge in [0.15, 0.2) is 11.4 Å². The van der Waals surface area contributed by atoms with Crippen LogP contribution in [-0.4, -0.2) is 17.4 Å². The highest BCUT2D eigenvalue weighted by Gasteiger charge is 2.55. The Bertz CT molecular complexity index is 606. The van der Waals surface area contributed by atoms with Crippen LogP contribution in [0.4, 0.5) is 13.2 Å². The largest absolute Gasteiger partial charge is 0.450 e. The number of hydrogen-bond acceptors (Lipinski definition) is 3. The summed E-state index contributed by atoms with van der Waals surface area (Å²) in [5.74, 6) is -1.07. The highest BCUT2D eigenvalue weighted by molar-refractivity contribution is 5.94. The number of hydrogen-bond donors (Lipinski definition) is 0. The lowest BCUT2D eigenvalue weighted by molar-refractivity contribution is -0.160. The molecular weight excluding hydrogens is 297 g/mol. The Morgan fingerprint density at radius 3 is 2.36 bits per heavy atom. The zero-order chi connectivity index (χ0) is 16.0. The molecule has 0 radical (unpaired) electrons. The standard InChI is InChI=1S/C16H15F3O3/c17-16(18,19)11-6-4-10(5-7-11)12-9-14(21)22-15(12)8-2-1-3-13(15)20/h4-7,12H,1-3,8-9H2/t12-,15-/m0/s1. The van der Waals surface area contributed by atoms with Crippen molar-refractivity contribution < 1.29 is 27.5 Å². The summed E-state index contributed by atoms with van der Waals surface area (Å²) in [6.45, 7) is 0. The van der Waals surface area contributed by atoms with Crippen molar-refractivity contribution in [2.45, 2.75) is 49.8 Å². The molecule has 0 unspecified atom stereocenters. The number of carbonyl (C=O) groups excluding carboxylic acids is 2. The molecule has 2 atom stereocenters. The van der Waals surface area contributed by atoms with Crippen molar-refractivity contribution in [1.29, 1.82) is 0 Å². The number of halogens is 3. The highest BCUT2D eigenvalue weighted by Crippen LogP contribution is 2.47. The summed E-state index contributed by atoms with van der Waals surface area (Å²) in [6.07, 6.45) is -2.03. The molecule has 6 heteroatoms. The summed E-state index contributed by atoms with van der Waals surface area (Å²) in [4.78, 5) is 24.0. The van der Waals surface area contributed by atoms with Crippen LogP contribution in [-0.2, 0) is 20.5 Å². The molecule has 0 bridgehead atoms. The first-order valence-corrected chi connectivity index (χ1v) is 7.25. The Kier molecular flexibility index (Phi) is 3.50. The number of benzene rings is 1. The normalized spacial score (nSPS) is 29.0. The number of ketones is 1. The maximum absolute atomic E-state index is 12.6. The van der Waals surface area contributed by atoms with Crippen LogP contribution in [0.2, 0.25) is 0 Å². The van der Waals surface area contributed by atoms with Crippen molar-refractivity contribution >= 4 is 11.8 Å². The minimum Gasteiger partial charge on any atom is -0.450 e. The highest BCUT2D eigenvalue weighted by atomic mass is 19.4. The average Bonchev–Trinajstić information content (AvgIpc) is 2.79. The first kappa shape index (κ1) is 15.1. The topological polar surface area (TPSA) is 43.4 Å². The second-order valence-corrected chi connectivity index (χ2v) is 5.87. The molecule has 3 rings (SSSR count). The first-order chi connectivity index (χ1) is 10.3. The van der Waals surface area contributed by atoms with Gasteiger partial charge in [0.05, 0.1) is 12.0 Å². The van der Waals surface area contributed by atoms with Crippen LogP contribution in [0.25, 0.3) is 0 Å². The molecule has 3 nitrogen and oxygen atoms in total. The molecule has 1 aliphatic heterocycles. The fraction of sp³-hybridized carbons (Fsp3) is 0.500. The van der Waals surface area contributed by atoms with E-state index in [1.54, 1.807) is 0 Å². The fourth-order valence-electron chi connectivity index (χ4n) is 3.44. The zero-order valence-corrected chi connectivity index (χ0v) is 11.8. The van der Waals surface area contributed by atoms with E-state index in [0.717, 1.165) is 25.0 Å². The summed E-state index contributed by atoms with van der Waals surface area (Å²) in [7, 11) is 0. The lowest BCUT2D eigenvalue weighted by atomic mass is 9.72. The first-order valence-electron chi connectivity index (χ1n) is 7.25. The van der Waals surface area contributed by atoms with Gasteiger partial charge in [0.25, 0.3) is 0 Å². The van der Waals surface area contributed by atoms with Gasteiger partial charge in [0.2, 0.25) is 0 Å². The van der Waals surface area contributed by atoms with Gasteiger partial charge in [-0.25, -0.2) is 0 Å². The van der Waals surface area contributed by atoms with E-state index >= 15 is 0 Å². The summed E-state index contributed by atoms with van der Waals surface area (Å²) in [5, 5.41) is 0. The van der Waals surface area contributed by atoms with E-state index in [1.165, 1.54) is 12.1 Å². The van der Waals surface area contributed by atoms with Gasteiger partial charge in [0.1, 0.15) is 0 Å². The van der Waals surface area contributed by atoms with E-state index in [9.17, 15) is 22.8 Å². The van der Waals surface area contributed by atoms with E-state index in [-0.39, 0.29) is 12.2 Å². The molecule has 2 aliphatic rings. The molecule has 1 heterocycles. The van der Waals surface area contributed by atoms with Crippen LogP contribution in [0, 0.1) is 0 Å². The molecule has 0 aromatic heterocycles. The molecule has 1 spiro atoms. The van der Waals surface area contributed by atoms with Gasteiger partial charge in [-0.05, 0) is 37.0 Å². The molecule has 118 valence electrons. The van der Waals surface area contributed by atoms with Crippen LogP contribution < -0.4 is 0 Å². The fourth-order valence-corrected chi connectivity index (χ4v) is 3.44.